The van der Waals surface area contributed by atoms with Crippen molar-refractivity contribution < 1.29 is 22.8 Å². The van der Waals surface area contributed by atoms with Crippen LogP contribution in [0.5, 0.6) is 0 Å². The Balaban J connectivity index is 0.00000253. The van der Waals surface area contributed by atoms with Crippen molar-refractivity contribution in [3.63, 3.8) is 0 Å². The topological polar surface area (TPSA) is 88.3 Å². The minimum atomic E-state index is -4.58. The van der Waals surface area contributed by atoms with Crippen molar-refractivity contribution in [2.45, 2.75) is 25.4 Å². The van der Waals surface area contributed by atoms with Crippen molar-refractivity contribution in [3.05, 3.63) is 94.3 Å². The Labute approximate surface area is 231 Å². The number of hydrogen-bond donors (Lipinski definition) is 2. The van der Waals surface area contributed by atoms with E-state index in [1.54, 1.807) is 41.4 Å². The maximum atomic E-state index is 14.1. The number of pyridine rings is 1. The van der Waals surface area contributed by atoms with E-state index in [0.29, 0.717) is 50.1 Å². The van der Waals surface area contributed by atoms with Crippen LogP contribution in [0.3, 0.4) is 0 Å². The first kappa shape index (κ1) is 31.1. The zero-order valence-corrected chi connectivity index (χ0v) is 22.1. The fraction of sp³-hybridized carbons (Fsp3) is 0.296. The van der Waals surface area contributed by atoms with Gasteiger partial charge in [-0.3, -0.25) is 14.6 Å². The Morgan fingerprint density at radius 1 is 0.921 bits per heavy atom. The molecule has 1 aromatic heterocycles. The van der Waals surface area contributed by atoms with Gasteiger partial charge in [-0.15, -0.1) is 24.8 Å². The average molecular weight is 569 g/mol. The van der Waals surface area contributed by atoms with E-state index >= 15 is 0 Å². The van der Waals surface area contributed by atoms with Crippen LogP contribution < -0.4 is 16.0 Å². The van der Waals surface area contributed by atoms with Crippen molar-refractivity contribution in [1.29, 1.82) is 0 Å². The van der Waals surface area contributed by atoms with E-state index in [1.807, 2.05) is 6.07 Å². The number of carbonyl (C=O) groups excluding carboxylic acids is 2. The molecule has 0 unspecified atom stereocenters. The van der Waals surface area contributed by atoms with Crippen LogP contribution in [0.1, 0.15) is 43.0 Å². The lowest BCUT2D eigenvalue weighted by molar-refractivity contribution is -0.137. The van der Waals surface area contributed by atoms with Gasteiger partial charge in [-0.05, 0) is 47.7 Å². The number of rotatable bonds is 8. The van der Waals surface area contributed by atoms with Crippen molar-refractivity contribution in [2.75, 3.05) is 31.1 Å². The molecule has 1 amide bonds. The predicted molar refractivity (Wildman–Crippen MR) is 146 cm³/mol. The van der Waals surface area contributed by atoms with Crippen LogP contribution >= 0.6 is 24.8 Å². The molecule has 0 aliphatic carbocycles. The molecule has 2 heterocycles. The second kappa shape index (κ2) is 13.6. The monoisotopic (exact) mass is 568 g/mol. The van der Waals surface area contributed by atoms with Crippen LogP contribution in [-0.2, 0) is 25.4 Å². The number of primary amides is 1. The minimum Gasteiger partial charge on any atom is -0.368 e. The number of ketones is 1. The lowest BCUT2D eigenvalue weighted by Gasteiger charge is -2.32. The zero-order chi connectivity index (χ0) is 25.7. The highest BCUT2D eigenvalue weighted by Crippen LogP contribution is 2.39. The molecule has 38 heavy (non-hydrogen) atoms. The molecule has 0 spiro atoms. The number of hydrogen-bond acceptors (Lipinski definition) is 5. The van der Waals surface area contributed by atoms with Gasteiger partial charge in [0.2, 0.25) is 5.91 Å². The summed E-state index contributed by atoms with van der Waals surface area (Å²) in [7, 11) is 0. The predicted octanol–water partition coefficient (Wildman–Crippen LogP) is 4.66. The molecule has 0 atom stereocenters. The van der Waals surface area contributed by atoms with Gasteiger partial charge in [0.1, 0.15) is 0 Å². The molecular weight excluding hydrogens is 540 g/mol. The smallest absolute Gasteiger partial charge is 0.368 e. The molecule has 1 fully saturated rings. The van der Waals surface area contributed by atoms with Crippen molar-refractivity contribution in [1.82, 2.24) is 10.3 Å². The Morgan fingerprint density at radius 3 is 2.26 bits per heavy atom. The fourth-order valence-corrected chi connectivity index (χ4v) is 4.45. The highest BCUT2D eigenvalue weighted by molar-refractivity contribution is 5.98. The third-order valence-corrected chi connectivity index (χ3v) is 6.25. The number of nitrogens with two attached hydrogens (primary N) is 1. The summed E-state index contributed by atoms with van der Waals surface area (Å²) in [6.07, 6.45) is -0.744. The molecule has 3 aromatic rings. The van der Waals surface area contributed by atoms with E-state index in [1.165, 1.54) is 18.3 Å². The van der Waals surface area contributed by atoms with Gasteiger partial charge in [0.25, 0.3) is 0 Å². The average Bonchev–Trinajstić information content (AvgIpc) is 2.87. The quantitative estimate of drug-likeness (QED) is 0.386. The number of nitrogens with one attached hydrogen (secondary N) is 1. The summed E-state index contributed by atoms with van der Waals surface area (Å²) in [4.78, 5) is 30.2. The van der Waals surface area contributed by atoms with E-state index < -0.39 is 17.6 Å². The molecule has 1 aliphatic heterocycles. The molecule has 3 N–H and O–H groups in total. The van der Waals surface area contributed by atoms with Gasteiger partial charge in [-0.25, -0.2) is 0 Å². The summed E-state index contributed by atoms with van der Waals surface area (Å²) < 4.78 is 42.4. The first-order chi connectivity index (χ1) is 17.2. The molecule has 1 aliphatic rings. The van der Waals surface area contributed by atoms with Crippen molar-refractivity contribution >= 4 is 42.2 Å². The first-order valence-electron chi connectivity index (χ1n) is 11.7. The lowest BCUT2D eigenvalue weighted by atomic mass is 9.95. The summed E-state index contributed by atoms with van der Waals surface area (Å²) in [5, 5.41) is 3.14. The SMILES string of the molecule is Cl.Cl.NC(=O)c1cncc(CCc2cccc(C(=O)Cc3cccc(N4CCNCC4)c3C(F)(F)F)c2)c1. The standard InChI is InChI=1S/C27H27F3N4O2.2ClH/c28-27(29,30)25-21(5-2-6-23(25)34-11-9-32-10-12-34)15-24(35)20-4-1-3-18(13-20)7-8-19-14-22(26(31)36)17-33-16-19;;/h1-6,13-14,16-17,32H,7-12,15H2,(H2,31,36);2*1H. The fourth-order valence-electron chi connectivity index (χ4n) is 4.45. The molecule has 6 nitrogen and oxygen atoms in total. The number of aryl methyl sites for hydroxylation is 2. The summed E-state index contributed by atoms with van der Waals surface area (Å²) in [6, 6.07) is 13.0. The van der Waals surface area contributed by atoms with Crippen LogP contribution in [0.15, 0.2) is 60.9 Å². The van der Waals surface area contributed by atoms with Gasteiger partial charge in [-0.2, -0.15) is 13.2 Å². The van der Waals surface area contributed by atoms with Crippen LogP contribution in [-0.4, -0.2) is 42.9 Å². The second-order valence-electron chi connectivity index (χ2n) is 8.79. The number of nitrogens with zero attached hydrogens (tertiary/aromatic N) is 2. The van der Waals surface area contributed by atoms with Gasteiger partial charge in [0.05, 0.1) is 11.1 Å². The number of piperazine rings is 1. The maximum absolute atomic E-state index is 14.1. The minimum absolute atomic E-state index is 0. The summed E-state index contributed by atoms with van der Waals surface area (Å²) in [5.74, 6) is -0.937. The molecule has 1 saturated heterocycles. The number of alkyl halides is 3. The normalized spacial score (nSPS) is 13.3. The number of amides is 1. The molecule has 0 saturated carbocycles. The van der Waals surface area contributed by atoms with Gasteiger partial charge in [-0.1, -0.05) is 30.3 Å². The molecule has 11 heteroatoms. The molecule has 4 rings (SSSR count). The van der Waals surface area contributed by atoms with Crippen LogP contribution in [0.4, 0.5) is 18.9 Å². The van der Waals surface area contributed by atoms with Crippen LogP contribution in [0.25, 0.3) is 0 Å². The molecular formula is C27H29Cl2F3N4O2. The first-order valence-corrected chi connectivity index (χ1v) is 11.7. The van der Waals surface area contributed by atoms with E-state index in [9.17, 15) is 22.8 Å². The number of Topliss-reactive ketones (excluding diaryl/α,β-unsaturated/α-hetero) is 1. The third kappa shape index (κ3) is 7.69. The maximum Gasteiger partial charge on any atom is 0.418 e. The Morgan fingerprint density at radius 2 is 1.58 bits per heavy atom. The van der Waals surface area contributed by atoms with Gasteiger partial charge >= 0.3 is 6.18 Å². The third-order valence-electron chi connectivity index (χ3n) is 6.25. The van der Waals surface area contributed by atoms with Gasteiger partial charge < -0.3 is 16.0 Å². The molecule has 2 aromatic carbocycles. The van der Waals surface area contributed by atoms with Crippen molar-refractivity contribution in [3.8, 4) is 0 Å². The Bertz CT molecular complexity index is 1270. The number of halogens is 5. The largest absolute Gasteiger partial charge is 0.418 e. The van der Waals surface area contributed by atoms with E-state index in [0.717, 1.165) is 11.1 Å². The Hall–Kier alpha value is -3.14. The van der Waals surface area contributed by atoms with Crippen LogP contribution in [0, 0.1) is 0 Å². The Kier molecular flexibility index (Phi) is 11.1. The lowest BCUT2D eigenvalue weighted by Crippen LogP contribution is -2.44. The highest BCUT2D eigenvalue weighted by atomic mass is 35.5. The second-order valence-corrected chi connectivity index (χ2v) is 8.79. The molecule has 204 valence electrons. The van der Waals surface area contributed by atoms with E-state index in [-0.39, 0.29) is 48.3 Å². The van der Waals surface area contributed by atoms with Gasteiger partial charge in [0.15, 0.2) is 5.78 Å². The van der Waals surface area contributed by atoms with E-state index in [4.69, 9.17) is 5.73 Å². The number of carbonyl (C=O) groups is 2. The number of anilines is 1. The number of benzene rings is 2. The molecule has 0 radical (unpaired) electrons. The highest BCUT2D eigenvalue weighted by Gasteiger charge is 2.38. The van der Waals surface area contributed by atoms with Crippen molar-refractivity contribution in [2.24, 2.45) is 5.73 Å². The summed E-state index contributed by atoms with van der Waals surface area (Å²) >= 11 is 0. The summed E-state index contributed by atoms with van der Waals surface area (Å²) in [5.41, 5.74) is 7.02. The van der Waals surface area contributed by atoms with Gasteiger partial charge in [0, 0.05) is 56.2 Å². The number of aromatic nitrogens is 1. The molecule has 0 bridgehead atoms. The van der Waals surface area contributed by atoms with E-state index in [2.05, 4.69) is 10.3 Å². The zero-order valence-electron chi connectivity index (χ0n) is 20.5. The summed E-state index contributed by atoms with van der Waals surface area (Å²) in [6.45, 7) is 2.16. The van der Waals surface area contributed by atoms with Crippen LogP contribution in [0.2, 0.25) is 0 Å².